The average Bonchev–Trinajstić information content (AvgIpc) is 3.09. The van der Waals surface area contributed by atoms with Gasteiger partial charge in [0, 0.05) is 22.2 Å². The fourth-order valence-electron chi connectivity index (χ4n) is 4.10. The summed E-state index contributed by atoms with van der Waals surface area (Å²) in [7, 11) is 1.51. The standard InChI is InChI=1S/C22H18F3NO4/c1-30-14-5-6-18-15(10-14)16-8-12(21(28)29)9-17(19(16)26-18)20(27)11-3-2-4-13(7-11)22(23,24)25/h2-7,10,12,17,26H,8-9H2,1H3,(H,28,29). The predicted octanol–water partition coefficient (Wildman–Crippen LogP) is 4.81. The largest absolute Gasteiger partial charge is 0.497 e. The molecule has 0 aliphatic heterocycles. The number of aromatic amines is 1. The van der Waals surface area contributed by atoms with Gasteiger partial charge < -0.3 is 14.8 Å². The summed E-state index contributed by atoms with van der Waals surface area (Å²) < 4.78 is 44.5. The number of alkyl halides is 3. The molecule has 5 nitrogen and oxygen atoms in total. The van der Waals surface area contributed by atoms with Gasteiger partial charge in [0.25, 0.3) is 0 Å². The highest BCUT2D eigenvalue weighted by atomic mass is 19.4. The number of halogens is 3. The van der Waals surface area contributed by atoms with Crippen molar-refractivity contribution in [2.75, 3.05) is 7.11 Å². The molecule has 2 aromatic carbocycles. The lowest BCUT2D eigenvalue weighted by molar-refractivity contribution is -0.142. The molecule has 0 amide bonds. The molecule has 1 aromatic heterocycles. The van der Waals surface area contributed by atoms with Crippen molar-refractivity contribution in [3.8, 4) is 5.75 Å². The second kappa shape index (κ2) is 7.19. The Morgan fingerprint density at radius 3 is 2.60 bits per heavy atom. The molecule has 0 bridgehead atoms. The van der Waals surface area contributed by atoms with Crippen molar-refractivity contribution in [3.63, 3.8) is 0 Å². The second-order valence-electron chi connectivity index (χ2n) is 7.40. The molecule has 3 aromatic rings. The van der Waals surface area contributed by atoms with E-state index in [-0.39, 0.29) is 18.4 Å². The van der Waals surface area contributed by atoms with Crippen LogP contribution in [0.1, 0.15) is 39.5 Å². The normalized spacial score (nSPS) is 18.8. The van der Waals surface area contributed by atoms with Gasteiger partial charge in [-0.25, -0.2) is 0 Å². The Morgan fingerprint density at radius 2 is 1.93 bits per heavy atom. The zero-order valence-electron chi connectivity index (χ0n) is 15.9. The molecule has 30 heavy (non-hydrogen) atoms. The van der Waals surface area contributed by atoms with E-state index in [0.29, 0.717) is 22.5 Å². The lowest BCUT2D eigenvalue weighted by Gasteiger charge is -2.26. The number of nitrogens with one attached hydrogen (secondary N) is 1. The summed E-state index contributed by atoms with van der Waals surface area (Å²) in [6.07, 6.45) is -4.33. The minimum Gasteiger partial charge on any atom is -0.497 e. The van der Waals surface area contributed by atoms with E-state index in [4.69, 9.17) is 4.74 Å². The van der Waals surface area contributed by atoms with Crippen molar-refractivity contribution in [1.29, 1.82) is 0 Å². The number of methoxy groups -OCH3 is 1. The van der Waals surface area contributed by atoms with E-state index in [1.54, 1.807) is 18.2 Å². The first-order valence-electron chi connectivity index (χ1n) is 9.31. The molecular weight excluding hydrogens is 399 g/mol. The molecule has 0 saturated heterocycles. The van der Waals surface area contributed by atoms with Gasteiger partial charge in [-0.05, 0) is 48.7 Å². The van der Waals surface area contributed by atoms with E-state index < -0.39 is 35.3 Å². The summed E-state index contributed by atoms with van der Waals surface area (Å²) >= 11 is 0. The SMILES string of the molecule is COc1ccc2[nH]c3c(c2c1)CC(C(=O)O)CC3C(=O)c1cccc(C(F)(F)F)c1. The van der Waals surface area contributed by atoms with E-state index in [9.17, 15) is 27.9 Å². The third-order valence-corrected chi connectivity index (χ3v) is 5.61. The zero-order chi connectivity index (χ0) is 21.6. The molecule has 1 heterocycles. The van der Waals surface area contributed by atoms with Crippen molar-refractivity contribution in [1.82, 2.24) is 4.98 Å². The number of carboxylic acid groups (broad SMARTS) is 1. The Kier molecular flexibility index (Phi) is 4.80. The molecule has 0 saturated carbocycles. The van der Waals surface area contributed by atoms with Gasteiger partial charge in [0.1, 0.15) is 5.75 Å². The predicted molar refractivity (Wildman–Crippen MR) is 103 cm³/mol. The van der Waals surface area contributed by atoms with Gasteiger partial charge in [-0.15, -0.1) is 0 Å². The molecule has 2 N–H and O–H groups in total. The number of rotatable bonds is 4. The van der Waals surface area contributed by atoms with Crippen molar-refractivity contribution < 1.29 is 32.6 Å². The minimum atomic E-state index is -4.57. The number of ether oxygens (including phenoxy) is 1. The van der Waals surface area contributed by atoms with E-state index in [0.717, 1.165) is 17.5 Å². The van der Waals surface area contributed by atoms with Crippen LogP contribution in [0.5, 0.6) is 5.75 Å². The minimum absolute atomic E-state index is 0.0152. The van der Waals surface area contributed by atoms with Crippen molar-refractivity contribution in [2.45, 2.75) is 24.9 Å². The van der Waals surface area contributed by atoms with Gasteiger partial charge in [-0.3, -0.25) is 9.59 Å². The van der Waals surface area contributed by atoms with Crippen LogP contribution in [0.3, 0.4) is 0 Å². The Balaban J connectivity index is 1.82. The summed E-state index contributed by atoms with van der Waals surface area (Å²) in [5.74, 6) is -2.69. The summed E-state index contributed by atoms with van der Waals surface area (Å²) in [6, 6.07) is 9.51. The number of hydrogen-bond donors (Lipinski definition) is 2. The maximum Gasteiger partial charge on any atom is 0.416 e. The number of benzene rings is 2. The van der Waals surface area contributed by atoms with E-state index in [2.05, 4.69) is 4.98 Å². The third-order valence-electron chi connectivity index (χ3n) is 5.61. The lowest BCUT2D eigenvalue weighted by Crippen LogP contribution is -2.29. The smallest absolute Gasteiger partial charge is 0.416 e. The number of hydrogen-bond acceptors (Lipinski definition) is 3. The van der Waals surface area contributed by atoms with E-state index in [1.165, 1.54) is 19.2 Å². The highest BCUT2D eigenvalue weighted by Gasteiger charge is 2.38. The van der Waals surface area contributed by atoms with Crippen LogP contribution in [0.15, 0.2) is 42.5 Å². The van der Waals surface area contributed by atoms with Crippen LogP contribution in [0.4, 0.5) is 13.2 Å². The summed E-state index contributed by atoms with van der Waals surface area (Å²) in [5.41, 5.74) is 0.948. The highest BCUT2D eigenvalue weighted by molar-refractivity contribution is 6.03. The van der Waals surface area contributed by atoms with Gasteiger partial charge in [-0.2, -0.15) is 13.2 Å². The maximum atomic E-state index is 13.2. The van der Waals surface area contributed by atoms with Crippen LogP contribution >= 0.6 is 0 Å². The summed E-state index contributed by atoms with van der Waals surface area (Å²) in [6.45, 7) is 0. The van der Waals surface area contributed by atoms with Gasteiger partial charge >= 0.3 is 12.1 Å². The van der Waals surface area contributed by atoms with Crippen LogP contribution in [-0.2, 0) is 17.4 Å². The first-order chi connectivity index (χ1) is 14.2. The molecule has 2 unspecified atom stereocenters. The molecule has 1 aliphatic rings. The van der Waals surface area contributed by atoms with Crippen LogP contribution < -0.4 is 4.74 Å². The molecule has 8 heteroatoms. The van der Waals surface area contributed by atoms with Gasteiger partial charge in [0.2, 0.25) is 0 Å². The lowest BCUT2D eigenvalue weighted by atomic mass is 9.76. The quantitative estimate of drug-likeness (QED) is 0.597. The third kappa shape index (κ3) is 3.42. The monoisotopic (exact) mass is 417 g/mol. The number of H-pyrrole nitrogens is 1. The average molecular weight is 417 g/mol. The summed E-state index contributed by atoms with van der Waals surface area (Å²) in [4.78, 5) is 28.1. The summed E-state index contributed by atoms with van der Waals surface area (Å²) in [5, 5.41) is 10.3. The van der Waals surface area contributed by atoms with Crippen molar-refractivity contribution in [3.05, 3.63) is 64.8 Å². The number of aromatic nitrogens is 1. The van der Waals surface area contributed by atoms with Crippen LogP contribution in [0.25, 0.3) is 10.9 Å². The van der Waals surface area contributed by atoms with Gasteiger partial charge in [0.15, 0.2) is 5.78 Å². The van der Waals surface area contributed by atoms with Crippen LogP contribution in [-0.4, -0.2) is 29.0 Å². The number of carbonyl (C=O) groups excluding carboxylic acids is 1. The Bertz CT molecular complexity index is 1150. The number of Topliss-reactive ketones (excluding diaryl/α,β-unsaturated/α-hetero) is 1. The molecular formula is C22H18F3NO4. The van der Waals surface area contributed by atoms with E-state index >= 15 is 0 Å². The fraction of sp³-hybridized carbons (Fsp3) is 0.273. The number of ketones is 1. The van der Waals surface area contributed by atoms with E-state index in [1.807, 2.05) is 0 Å². The highest BCUT2D eigenvalue weighted by Crippen LogP contribution is 2.41. The van der Waals surface area contributed by atoms with Crippen molar-refractivity contribution >= 4 is 22.7 Å². The molecule has 1 aliphatic carbocycles. The zero-order valence-corrected chi connectivity index (χ0v) is 15.9. The number of fused-ring (bicyclic) bond motifs is 3. The van der Waals surface area contributed by atoms with Gasteiger partial charge in [0.05, 0.1) is 24.5 Å². The Labute approximate surface area is 169 Å². The molecule has 156 valence electrons. The van der Waals surface area contributed by atoms with Crippen molar-refractivity contribution in [2.24, 2.45) is 5.92 Å². The number of carboxylic acids is 1. The topological polar surface area (TPSA) is 79.4 Å². The Hall–Kier alpha value is -3.29. The molecule has 4 rings (SSSR count). The maximum absolute atomic E-state index is 13.2. The second-order valence-corrected chi connectivity index (χ2v) is 7.40. The molecule has 0 fully saturated rings. The first-order valence-corrected chi connectivity index (χ1v) is 9.31. The Morgan fingerprint density at radius 1 is 1.17 bits per heavy atom. The number of aliphatic carboxylic acids is 1. The molecule has 2 atom stereocenters. The number of carbonyl (C=O) groups is 2. The van der Waals surface area contributed by atoms with Gasteiger partial charge in [-0.1, -0.05) is 12.1 Å². The van der Waals surface area contributed by atoms with Crippen LogP contribution in [0.2, 0.25) is 0 Å². The first kappa shape index (κ1) is 20.0. The molecule has 0 radical (unpaired) electrons. The fourth-order valence-corrected chi connectivity index (χ4v) is 4.10. The van der Waals surface area contributed by atoms with Crippen LogP contribution in [0, 0.1) is 5.92 Å². The molecule has 0 spiro atoms.